The minimum Gasteiger partial charge on any atom is -0.339 e. The highest BCUT2D eigenvalue weighted by Crippen LogP contribution is 2.34. The Hall–Kier alpha value is -0.550. The molecular formula is C14H23N3OS. The summed E-state index contributed by atoms with van der Waals surface area (Å²) in [5.41, 5.74) is 0. The van der Waals surface area contributed by atoms with Crippen molar-refractivity contribution in [3.05, 3.63) is 11.7 Å². The molecule has 1 heterocycles. The zero-order valence-corrected chi connectivity index (χ0v) is 12.4. The second kappa shape index (κ2) is 6.27. The first-order valence-corrected chi connectivity index (χ1v) is 8.50. The largest absolute Gasteiger partial charge is 0.339 e. The van der Waals surface area contributed by atoms with Crippen LogP contribution in [0.4, 0.5) is 0 Å². The molecule has 1 N–H and O–H groups in total. The quantitative estimate of drug-likeness (QED) is 0.833. The van der Waals surface area contributed by atoms with Crippen LogP contribution in [0.25, 0.3) is 0 Å². The molecule has 5 heteroatoms. The van der Waals surface area contributed by atoms with Crippen LogP contribution < -0.4 is 5.32 Å². The molecule has 0 aromatic carbocycles. The van der Waals surface area contributed by atoms with Gasteiger partial charge in [0.1, 0.15) is 0 Å². The summed E-state index contributed by atoms with van der Waals surface area (Å²) >= 11 is 1.99. The summed E-state index contributed by atoms with van der Waals surface area (Å²) in [6, 6.07) is 0.510. The number of hydrogen-bond donors (Lipinski definition) is 1. The summed E-state index contributed by atoms with van der Waals surface area (Å²) < 4.78 is 5.38. The van der Waals surface area contributed by atoms with Crippen LogP contribution in [0.5, 0.6) is 0 Å². The maximum atomic E-state index is 5.38. The normalized spacial score (nSPS) is 21.9. The Kier molecular flexibility index (Phi) is 4.43. The van der Waals surface area contributed by atoms with Crippen LogP contribution in [0.1, 0.15) is 50.2 Å². The van der Waals surface area contributed by atoms with Gasteiger partial charge in [-0.1, -0.05) is 18.0 Å². The minimum atomic E-state index is 0.510. The highest BCUT2D eigenvalue weighted by molar-refractivity contribution is 7.99. The summed E-state index contributed by atoms with van der Waals surface area (Å²) in [4.78, 5) is 4.53. The molecule has 2 aliphatic rings. The van der Waals surface area contributed by atoms with E-state index in [1.807, 2.05) is 18.8 Å². The molecule has 3 rings (SSSR count). The predicted octanol–water partition coefficient (Wildman–Crippen LogP) is 2.79. The Balaban J connectivity index is 1.47. The summed E-state index contributed by atoms with van der Waals surface area (Å²) in [5, 5.41) is 8.29. The van der Waals surface area contributed by atoms with E-state index >= 15 is 0 Å². The van der Waals surface area contributed by atoms with Crippen molar-refractivity contribution in [2.45, 2.75) is 62.0 Å². The Morgan fingerprint density at radius 2 is 2.11 bits per heavy atom. The van der Waals surface area contributed by atoms with E-state index in [2.05, 4.69) is 15.5 Å². The number of aromatic nitrogens is 2. The fourth-order valence-corrected chi connectivity index (χ4v) is 4.04. The first kappa shape index (κ1) is 13.4. The van der Waals surface area contributed by atoms with Gasteiger partial charge in [0.25, 0.3) is 0 Å². The van der Waals surface area contributed by atoms with Gasteiger partial charge in [0.05, 0.1) is 5.75 Å². The molecule has 2 saturated carbocycles. The third-order valence-electron chi connectivity index (χ3n) is 4.22. The van der Waals surface area contributed by atoms with Crippen LogP contribution in [0.3, 0.4) is 0 Å². The molecule has 1 atom stereocenters. The predicted molar refractivity (Wildman–Crippen MR) is 77.1 cm³/mol. The average Bonchev–Trinajstić information content (AvgIpc) is 2.96. The van der Waals surface area contributed by atoms with E-state index in [1.165, 1.54) is 38.5 Å². The van der Waals surface area contributed by atoms with Gasteiger partial charge in [-0.05, 0) is 38.6 Å². The summed E-state index contributed by atoms with van der Waals surface area (Å²) in [6.07, 6.45) is 9.05. The number of likely N-dealkylation sites (N-methyl/N-ethyl adjacent to an activating group) is 1. The lowest BCUT2D eigenvalue weighted by Crippen LogP contribution is -2.29. The Labute approximate surface area is 119 Å². The maximum Gasteiger partial charge on any atom is 0.228 e. The van der Waals surface area contributed by atoms with E-state index in [9.17, 15) is 0 Å². The fourth-order valence-electron chi connectivity index (χ4n) is 2.87. The van der Waals surface area contributed by atoms with Crippen LogP contribution >= 0.6 is 11.8 Å². The molecule has 2 aliphatic carbocycles. The first-order valence-electron chi connectivity index (χ1n) is 7.45. The van der Waals surface area contributed by atoms with E-state index in [4.69, 9.17) is 4.52 Å². The first-order chi connectivity index (χ1) is 9.35. The van der Waals surface area contributed by atoms with E-state index in [0.29, 0.717) is 6.04 Å². The molecular weight excluding hydrogens is 258 g/mol. The molecule has 2 fully saturated rings. The molecule has 1 unspecified atom stereocenters. The fraction of sp³-hybridized carbons (Fsp3) is 0.857. The zero-order chi connectivity index (χ0) is 13.1. The second-order valence-corrected chi connectivity index (χ2v) is 7.05. The standard InChI is InChI=1S/C14H23N3OS/c1-15-12(10-6-7-10)8-14-16-13(17-18-14)9-19-11-4-2-3-5-11/h10-12,15H,2-9H2,1H3. The van der Waals surface area contributed by atoms with Crippen LogP contribution in [0.2, 0.25) is 0 Å². The van der Waals surface area contributed by atoms with Gasteiger partial charge in [0.15, 0.2) is 5.82 Å². The molecule has 0 aliphatic heterocycles. The van der Waals surface area contributed by atoms with Gasteiger partial charge in [-0.2, -0.15) is 16.7 Å². The lowest BCUT2D eigenvalue weighted by molar-refractivity contribution is 0.349. The highest BCUT2D eigenvalue weighted by atomic mass is 32.2. The topological polar surface area (TPSA) is 51.0 Å². The van der Waals surface area contributed by atoms with Crippen LogP contribution in [-0.4, -0.2) is 28.5 Å². The Morgan fingerprint density at radius 1 is 1.32 bits per heavy atom. The number of rotatable bonds is 7. The highest BCUT2D eigenvalue weighted by Gasteiger charge is 2.31. The number of nitrogens with one attached hydrogen (secondary N) is 1. The van der Waals surface area contributed by atoms with E-state index in [0.717, 1.165) is 35.1 Å². The third kappa shape index (κ3) is 3.72. The number of hydrogen-bond acceptors (Lipinski definition) is 5. The molecule has 19 heavy (non-hydrogen) atoms. The van der Waals surface area contributed by atoms with E-state index in [-0.39, 0.29) is 0 Å². The van der Waals surface area contributed by atoms with Crippen molar-refractivity contribution in [2.24, 2.45) is 5.92 Å². The van der Waals surface area contributed by atoms with Crippen molar-refractivity contribution in [1.29, 1.82) is 0 Å². The second-order valence-electron chi connectivity index (χ2n) is 5.76. The van der Waals surface area contributed by atoms with Crippen molar-refractivity contribution < 1.29 is 4.52 Å². The van der Waals surface area contributed by atoms with Crippen molar-refractivity contribution in [1.82, 2.24) is 15.5 Å². The van der Waals surface area contributed by atoms with Gasteiger partial charge in [-0.3, -0.25) is 0 Å². The van der Waals surface area contributed by atoms with Crippen molar-refractivity contribution in [3.8, 4) is 0 Å². The number of nitrogens with zero attached hydrogens (tertiary/aromatic N) is 2. The molecule has 0 spiro atoms. The van der Waals surface area contributed by atoms with Gasteiger partial charge in [-0.25, -0.2) is 0 Å². The SMILES string of the molecule is CNC(Cc1nc(CSC2CCCC2)no1)C1CC1. The smallest absolute Gasteiger partial charge is 0.228 e. The van der Waals surface area contributed by atoms with Gasteiger partial charge >= 0.3 is 0 Å². The maximum absolute atomic E-state index is 5.38. The molecule has 1 aromatic heterocycles. The summed E-state index contributed by atoms with van der Waals surface area (Å²) in [6.45, 7) is 0. The van der Waals surface area contributed by atoms with Crippen molar-refractivity contribution in [2.75, 3.05) is 7.05 Å². The third-order valence-corrected chi connectivity index (χ3v) is 5.58. The van der Waals surface area contributed by atoms with Gasteiger partial charge < -0.3 is 9.84 Å². The average molecular weight is 281 g/mol. The minimum absolute atomic E-state index is 0.510. The Morgan fingerprint density at radius 3 is 2.79 bits per heavy atom. The molecule has 106 valence electrons. The van der Waals surface area contributed by atoms with Gasteiger partial charge in [0.2, 0.25) is 5.89 Å². The number of thioether (sulfide) groups is 1. The van der Waals surface area contributed by atoms with Crippen LogP contribution in [0, 0.1) is 5.92 Å². The van der Waals surface area contributed by atoms with Gasteiger partial charge in [-0.15, -0.1) is 0 Å². The molecule has 0 bridgehead atoms. The molecule has 0 amide bonds. The van der Waals surface area contributed by atoms with E-state index in [1.54, 1.807) is 0 Å². The monoisotopic (exact) mass is 281 g/mol. The van der Waals surface area contributed by atoms with Crippen molar-refractivity contribution >= 4 is 11.8 Å². The van der Waals surface area contributed by atoms with Crippen LogP contribution in [-0.2, 0) is 12.2 Å². The lowest BCUT2D eigenvalue weighted by Gasteiger charge is -2.11. The van der Waals surface area contributed by atoms with Crippen LogP contribution in [0.15, 0.2) is 4.52 Å². The molecule has 4 nitrogen and oxygen atoms in total. The lowest BCUT2D eigenvalue weighted by atomic mass is 10.1. The van der Waals surface area contributed by atoms with Gasteiger partial charge in [0, 0.05) is 17.7 Å². The molecule has 0 saturated heterocycles. The molecule has 0 radical (unpaired) electrons. The molecule has 1 aromatic rings. The summed E-state index contributed by atoms with van der Waals surface area (Å²) in [5.74, 6) is 3.39. The van der Waals surface area contributed by atoms with Crippen molar-refractivity contribution in [3.63, 3.8) is 0 Å². The van der Waals surface area contributed by atoms with E-state index < -0.39 is 0 Å². The summed E-state index contributed by atoms with van der Waals surface area (Å²) in [7, 11) is 2.02. The Bertz CT molecular complexity index is 399. The zero-order valence-electron chi connectivity index (χ0n) is 11.6.